The molecule has 1 fully saturated rings. The van der Waals surface area contributed by atoms with E-state index in [4.69, 9.17) is 4.42 Å². The van der Waals surface area contributed by atoms with E-state index >= 15 is 0 Å². The molecular weight excluding hydrogens is 376 g/mol. The predicted octanol–water partition coefficient (Wildman–Crippen LogP) is 3.44. The Morgan fingerprint density at radius 3 is 2.72 bits per heavy atom. The van der Waals surface area contributed by atoms with Crippen LogP contribution in [0.15, 0.2) is 33.8 Å². The highest BCUT2D eigenvalue weighted by atomic mass is 19.2. The minimum absolute atomic E-state index is 0.0764. The molecule has 2 N–H and O–H groups in total. The second-order valence-corrected chi connectivity index (χ2v) is 8.37. The largest absolute Gasteiger partial charge is 0.443 e. The fourth-order valence-electron chi connectivity index (χ4n) is 3.28. The molecule has 1 atom stereocenters. The molecule has 0 radical (unpaired) electrons. The van der Waals surface area contributed by atoms with E-state index in [1.807, 2.05) is 0 Å². The van der Waals surface area contributed by atoms with E-state index in [1.54, 1.807) is 19.3 Å². The van der Waals surface area contributed by atoms with Crippen LogP contribution in [-0.2, 0) is 12.0 Å². The van der Waals surface area contributed by atoms with E-state index in [-0.39, 0.29) is 5.41 Å². The smallest absolute Gasteiger partial charge is 0.213 e. The maximum Gasteiger partial charge on any atom is 0.213 e. The number of oxazole rings is 1. The highest BCUT2D eigenvalue weighted by molar-refractivity contribution is 5.79. The first-order chi connectivity index (χ1) is 13.8. The SMILES string of the molecule is CN=C(NCc1ncc(C(C)(C)C)o1)NCC1CCN(c2ccc(F)c(F)c2)C1. The average molecular weight is 405 g/mol. The number of nitrogens with one attached hydrogen (secondary N) is 2. The summed E-state index contributed by atoms with van der Waals surface area (Å²) < 4.78 is 32.4. The molecule has 1 aromatic carbocycles. The summed E-state index contributed by atoms with van der Waals surface area (Å²) in [6.45, 7) is 9.02. The third-order valence-electron chi connectivity index (χ3n) is 5.04. The number of anilines is 1. The molecule has 0 bridgehead atoms. The van der Waals surface area contributed by atoms with Gasteiger partial charge in [0.15, 0.2) is 17.6 Å². The highest BCUT2D eigenvalue weighted by Crippen LogP contribution is 2.25. The third kappa shape index (κ3) is 5.46. The first-order valence-electron chi connectivity index (χ1n) is 9.86. The second kappa shape index (κ2) is 8.80. The van der Waals surface area contributed by atoms with Crippen LogP contribution >= 0.6 is 0 Å². The van der Waals surface area contributed by atoms with Crippen molar-refractivity contribution in [1.29, 1.82) is 0 Å². The van der Waals surface area contributed by atoms with Crippen LogP contribution in [0.1, 0.15) is 38.8 Å². The Morgan fingerprint density at radius 2 is 2.07 bits per heavy atom. The Kier molecular flexibility index (Phi) is 6.39. The molecule has 29 heavy (non-hydrogen) atoms. The zero-order valence-corrected chi connectivity index (χ0v) is 17.4. The summed E-state index contributed by atoms with van der Waals surface area (Å²) in [5, 5.41) is 6.53. The molecule has 3 rings (SSSR count). The summed E-state index contributed by atoms with van der Waals surface area (Å²) in [6, 6.07) is 4.06. The van der Waals surface area contributed by atoms with Crippen molar-refractivity contribution in [1.82, 2.24) is 15.6 Å². The monoisotopic (exact) mass is 405 g/mol. The molecule has 1 saturated heterocycles. The molecular formula is C21H29F2N5O. The van der Waals surface area contributed by atoms with Crippen LogP contribution in [0.5, 0.6) is 0 Å². The van der Waals surface area contributed by atoms with Gasteiger partial charge < -0.3 is 20.0 Å². The number of halogens is 2. The molecule has 0 amide bonds. The Labute approximate surface area is 170 Å². The van der Waals surface area contributed by atoms with E-state index in [2.05, 4.69) is 46.3 Å². The predicted molar refractivity (Wildman–Crippen MR) is 110 cm³/mol. The molecule has 2 aromatic rings. The van der Waals surface area contributed by atoms with Crippen LogP contribution in [0.3, 0.4) is 0 Å². The number of rotatable bonds is 5. The van der Waals surface area contributed by atoms with Gasteiger partial charge >= 0.3 is 0 Å². The molecule has 0 aliphatic carbocycles. The molecule has 0 saturated carbocycles. The summed E-state index contributed by atoms with van der Waals surface area (Å²) in [7, 11) is 1.72. The first-order valence-corrected chi connectivity index (χ1v) is 9.86. The van der Waals surface area contributed by atoms with Crippen molar-refractivity contribution in [2.75, 3.05) is 31.6 Å². The van der Waals surface area contributed by atoms with Crippen LogP contribution < -0.4 is 15.5 Å². The lowest BCUT2D eigenvalue weighted by Gasteiger charge is -2.19. The standard InChI is InChI=1S/C21H29F2N5O/c1-21(2,3)18-11-25-19(29-18)12-27-20(24-4)26-10-14-7-8-28(13-14)15-5-6-16(22)17(23)9-15/h5-6,9,11,14H,7-8,10,12-13H2,1-4H3,(H2,24,26,27). The summed E-state index contributed by atoms with van der Waals surface area (Å²) >= 11 is 0. The van der Waals surface area contributed by atoms with Gasteiger partial charge in [0, 0.05) is 43.9 Å². The Morgan fingerprint density at radius 1 is 1.28 bits per heavy atom. The summed E-state index contributed by atoms with van der Waals surface area (Å²) in [5.41, 5.74) is 0.639. The number of guanidine groups is 1. The zero-order valence-electron chi connectivity index (χ0n) is 17.4. The van der Waals surface area contributed by atoms with Gasteiger partial charge in [-0.15, -0.1) is 0 Å². The van der Waals surface area contributed by atoms with E-state index in [1.165, 1.54) is 12.1 Å². The quantitative estimate of drug-likeness (QED) is 0.589. The normalized spacial score (nSPS) is 17.7. The summed E-state index contributed by atoms with van der Waals surface area (Å²) in [6.07, 6.45) is 2.73. The fraction of sp³-hybridized carbons (Fsp3) is 0.524. The van der Waals surface area contributed by atoms with Crippen LogP contribution in [0, 0.1) is 17.6 Å². The van der Waals surface area contributed by atoms with Crippen LogP contribution in [0.2, 0.25) is 0 Å². The van der Waals surface area contributed by atoms with E-state index in [0.717, 1.165) is 31.8 Å². The van der Waals surface area contributed by atoms with Crippen molar-refractivity contribution in [2.24, 2.45) is 10.9 Å². The third-order valence-corrected chi connectivity index (χ3v) is 5.04. The van der Waals surface area contributed by atoms with Gasteiger partial charge in [0.2, 0.25) is 5.89 Å². The lowest BCUT2D eigenvalue weighted by molar-refractivity contribution is 0.379. The topological polar surface area (TPSA) is 65.7 Å². The van der Waals surface area contributed by atoms with Gasteiger partial charge in [-0.05, 0) is 24.5 Å². The number of aromatic nitrogens is 1. The van der Waals surface area contributed by atoms with Crippen molar-refractivity contribution in [3.8, 4) is 0 Å². The molecule has 1 aliphatic rings. The maximum atomic E-state index is 13.5. The van der Waals surface area contributed by atoms with Gasteiger partial charge in [-0.2, -0.15) is 0 Å². The van der Waals surface area contributed by atoms with Crippen molar-refractivity contribution >= 4 is 11.6 Å². The van der Waals surface area contributed by atoms with Gasteiger partial charge in [-0.3, -0.25) is 4.99 Å². The molecule has 1 unspecified atom stereocenters. The van der Waals surface area contributed by atoms with Crippen molar-refractivity contribution < 1.29 is 13.2 Å². The minimum atomic E-state index is -0.818. The molecule has 6 nitrogen and oxygen atoms in total. The Bertz CT molecular complexity index is 859. The van der Waals surface area contributed by atoms with E-state index < -0.39 is 11.6 Å². The maximum absolute atomic E-state index is 13.5. The average Bonchev–Trinajstić information content (AvgIpc) is 3.33. The number of aliphatic imine (C=N–C) groups is 1. The Balaban J connectivity index is 1.46. The Hall–Kier alpha value is -2.64. The molecule has 2 heterocycles. The zero-order chi connectivity index (χ0) is 21.0. The van der Waals surface area contributed by atoms with Gasteiger partial charge in [-0.25, -0.2) is 13.8 Å². The van der Waals surface area contributed by atoms with Crippen LogP contribution in [-0.4, -0.2) is 37.6 Å². The van der Waals surface area contributed by atoms with E-state index in [0.29, 0.717) is 30.0 Å². The fourth-order valence-corrected chi connectivity index (χ4v) is 3.28. The van der Waals surface area contributed by atoms with Crippen LogP contribution in [0.4, 0.5) is 14.5 Å². The first kappa shape index (κ1) is 21.1. The number of nitrogens with zero attached hydrogens (tertiary/aromatic N) is 3. The lowest BCUT2D eigenvalue weighted by Crippen LogP contribution is -2.40. The van der Waals surface area contributed by atoms with Crippen molar-refractivity contribution in [2.45, 2.75) is 39.2 Å². The second-order valence-electron chi connectivity index (χ2n) is 8.37. The number of hydrogen-bond donors (Lipinski definition) is 2. The minimum Gasteiger partial charge on any atom is -0.443 e. The molecule has 8 heteroatoms. The summed E-state index contributed by atoms with van der Waals surface area (Å²) in [5.74, 6) is 0.892. The molecule has 0 spiro atoms. The molecule has 1 aromatic heterocycles. The molecule has 158 valence electrons. The highest BCUT2D eigenvalue weighted by Gasteiger charge is 2.24. The number of benzene rings is 1. The van der Waals surface area contributed by atoms with Crippen LogP contribution in [0.25, 0.3) is 0 Å². The molecule has 1 aliphatic heterocycles. The van der Waals surface area contributed by atoms with Gasteiger partial charge in [-0.1, -0.05) is 20.8 Å². The van der Waals surface area contributed by atoms with E-state index in [9.17, 15) is 8.78 Å². The van der Waals surface area contributed by atoms with Crippen molar-refractivity contribution in [3.63, 3.8) is 0 Å². The number of hydrogen-bond acceptors (Lipinski definition) is 4. The van der Waals surface area contributed by atoms with Gasteiger partial charge in [0.05, 0.1) is 12.7 Å². The van der Waals surface area contributed by atoms with Gasteiger partial charge in [0.25, 0.3) is 0 Å². The lowest BCUT2D eigenvalue weighted by atomic mass is 9.94. The van der Waals surface area contributed by atoms with Crippen molar-refractivity contribution in [3.05, 3.63) is 47.7 Å². The van der Waals surface area contributed by atoms with Gasteiger partial charge in [0.1, 0.15) is 5.76 Å². The summed E-state index contributed by atoms with van der Waals surface area (Å²) in [4.78, 5) is 10.6.